The first-order chi connectivity index (χ1) is 14.3. The largest absolute Gasteiger partial charge is 0.455 e. The Bertz CT molecular complexity index is 1060. The van der Waals surface area contributed by atoms with Gasteiger partial charge >= 0.3 is 6.18 Å². The maximum atomic E-state index is 12.8. The number of halogens is 3. The zero-order valence-corrected chi connectivity index (χ0v) is 16.1. The lowest BCUT2D eigenvalue weighted by Crippen LogP contribution is -2.26. The molecule has 6 nitrogen and oxygen atoms in total. The van der Waals surface area contributed by atoms with Gasteiger partial charge in [-0.3, -0.25) is 9.48 Å². The van der Waals surface area contributed by atoms with Crippen LogP contribution in [-0.2, 0) is 13.2 Å². The van der Waals surface area contributed by atoms with E-state index in [4.69, 9.17) is 4.74 Å². The average Bonchev–Trinajstić information content (AvgIpc) is 3.45. The van der Waals surface area contributed by atoms with Gasteiger partial charge in [-0.05, 0) is 61.2 Å². The minimum absolute atomic E-state index is 0.216. The van der Waals surface area contributed by atoms with Crippen LogP contribution in [-0.4, -0.2) is 27.2 Å². The van der Waals surface area contributed by atoms with Gasteiger partial charge in [-0.15, -0.1) is 0 Å². The molecule has 1 fully saturated rings. The molecule has 1 aromatic carbocycles. The van der Waals surface area contributed by atoms with Crippen molar-refractivity contribution in [1.29, 1.82) is 0 Å². The van der Waals surface area contributed by atoms with Crippen LogP contribution in [0.2, 0.25) is 0 Å². The fraction of sp³-hybridized carbons (Fsp3) is 0.286. The predicted molar refractivity (Wildman–Crippen MR) is 103 cm³/mol. The normalized spacial score (nSPS) is 13.9. The van der Waals surface area contributed by atoms with Crippen LogP contribution in [0.5, 0.6) is 11.5 Å². The number of hydrogen-bond acceptors (Lipinski definition) is 4. The minimum Gasteiger partial charge on any atom is -0.455 e. The Kier molecular flexibility index (Phi) is 5.19. The van der Waals surface area contributed by atoms with Gasteiger partial charge in [0.25, 0.3) is 5.91 Å². The van der Waals surface area contributed by atoms with Crippen molar-refractivity contribution in [3.8, 4) is 22.9 Å². The summed E-state index contributed by atoms with van der Waals surface area (Å²) in [7, 11) is 1.74. The molecule has 0 saturated heterocycles. The van der Waals surface area contributed by atoms with Gasteiger partial charge in [-0.2, -0.15) is 18.3 Å². The molecule has 156 valence electrons. The number of aromatic nitrogens is 3. The molecule has 0 atom stereocenters. The van der Waals surface area contributed by atoms with Gasteiger partial charge in [-0.1, -0.05) is 0 Å². The summed E-state index contributed by atoms with van der Waals surface area (Å²) in [5, 5.41) is 7.17. The van der Waals surface area contributed by atoms with E-state index in [0.29, 0.717) is 23.9 Å². The van der Waals surface area contributed by atoms with Gasteiger partial charge in [0.1, 0.15) is 22.8 Å². The number of hydrogen-bond donors (Lipinski definition) is 1. The van der Waals surface area contributed by atoms with Crippen LogP contribution >= 0.6 is 0 Å². The number of nitrogens with one attached hydrogen (secondary N) is 1. The van der Waals surface area contributed by atoms with Gasteiger partial charge in [0.2, 0.25) is 0 Å². The number of pyridine rings is 1. The monoisotopic (exact) mass is 416 g/mol. The minimum atomic E-state index is -4.42. The Labute approximate surface area is 170 Å². The number of ether oxygens (including phenoxy) is 1. The van der Waals surface area contributed by atoms with Crippen molar-refractivity contribution in [3.63, 3.8) is 0 Å². The highest BCUT2D eigenvalue weighted by molar-refractivity contribution is 5.93. The molecule has 30 heavy (non-hydrogen) atoms. The Morgan fingerprint density at radius 1 is 1.17 bits per heavy atom. The van der Waals surface area contributed by atoms with Gasteiger partial charge in [0.15, 0.2) is 5.75 Å². The third-order valence-electron chi connectivity index (χ3n) is 4.70. The molecule has 9 heteroatoms. The zero-order chi connectivity index (χ0) is 21.3. The predicted octanol–water partition coefficient (Wildman–Crippen LogP) is 4.43. The van der Waals surface area contributed by atoms with E-state index >= 15 is 0 Å². The topological polar surface area (TPSA) is 69.0 Å². The van der Waals surface area contributed by atoms with E-state index < -0.39 is 11.7 Å². The SMILES string of the molecule is Cn1ccc(-c2nc(C(=O)NCC3CC3)ccc2Oc2ccc(C(F)(F)F)cc2)n1. The van der Waals surface area contributed by atoms with E-state index in [0.717, 1.165) is 25.0 Å². The molecule has 0 unspecified atom stereocenters. The van der Waals surface area contributed by atoms with E-state index in [9.17, 15) is 18.0 Å². The quantitative estimate of drug-likeness (QED) is 0.645. The van der Waals surface area contributed by atoms with Crippen LogP contribution in [0, 0.1) is 5.92 Å². The number of alkyl halides is 3. The standard InChI is InChI=1S/C21H19F3N4O2/c1-28-11-10-16(27-28)19-18(30-15-6-4-14(5-7-15)21(22,23)24)9-8-17(26-19)20(29)25-12-13-2-3-13/h4-11,13H,2-3,12H2,1H3,(H,25,29). The molecule has 2 aromatic heterocycles. The molecule has 0 radical (unpaired) electrons. The first kappa shape index (κ1) is 19.9. The lowest BCUT2D eigenvalue weighted by atomic mass is 10.2. The average molecular weight is 416 g/mol. The Morgan fingerprint density at radius 3 is 2.50 bits per heavy atom. The lowest BCUT2D eigenvalue weighted by Gasteiger charge is -2.12. The van der Waals surface area contributed by atoms with Gasteiger partial charge < -0.3 is 10.1 Å². The third-order valence-corrected chi connectivity index (χ3v) is 4.70. The number of carbonyl (C=O) groups is 1. The Hall–Kier alpha value is -3.36. The molecule has 0 bridgehead atoms. The van der Waals surface area contributed by atoms with E-state index in [1.807, 2.05) is 0 Å². The van der Waals surface area contributed by atoms with Crippen molar-refractivity contribution >= 4 is 5.91 Å². The molecule has 2 heterocycles. The van der Waals surface area contributed by atoms with Crippen molar-refractivity contribution in [2.75, 3.05) is 6.54 Å². The molecule has 1 saturated carbocycles. The second-order valence-corrected chi connectivity index (χ2v) is 7.20. The summed E-state index contributed by atoms with van der Waals surface area (Å²) in [5.41, 5.74) is 0.266. The van der Waals surface area contributed by atoms with Crippen LogP contribution in [0.1, 0.15) is 28.9 Å². The summed E-state index contributed by atoms with van der Waals surface area (Å²) in [5.74, 6) is 0.742. The van der Waals surface area contributed by atoms with Crippen molar-refractivity contribution in [2.24, 2.45) is 13.0 Å². The molecule has 4 rings (SSSR count). The zero-order valence-electron chi connectivity index (χ0n) is 16.1. The highest BCUT2D eigenvalue weighted by atomic mass is 19.4. The van der Waals surface area contributed by atoms with E-state index in [-0.39, 0.29) is 23.1 Å². The summed E-state index contributed by atoms with van der Waals surface area (Å²) >= 11 is 0. The fourth-order valence-corrected chi connectivity index (χ4v) is 2.87. The molecule has 1 aliphatic carbocycles. The number of rotatable bonds is 6. The highest BCUT2D eigenvalue weighted by Crippen LogP contribution is 2.34. The maximum absolute atomic E-state index is 12.8. The molecular formula is C21H19F3N4O2. The van der Waals surface area contributed by atoms with E-state index in [2.05, 4.69) is 15.4 Å². The summed E-state index contributed by atoms with van der Waals surface area (Å²) in [6.07, 6.45) is -0.465. The molecular weight excluding hydrogens is 397 g/mol. The van der Waals surface area contributed by atoms with Gasteiger partial charge in [0.05, 0.1) is 5.56 Å². The molecule has 1 amide bonds. The summed E-state index contributed by atoms with van der Waals surface area (Å²) in [4.78, 5) is 16.8. The molecule has 0 aliphatic heterocycles. The number of aryl methyl sites for hydroxylation is 1. The first-order valence-corrected chi connectivity index (χ1v) is 9.44. The van der Waals surface area contributed by atoms with Crippen molar-refractivity contribution in [1.82, 2.24) is 20.1 Å². The Balaban J connectivity index is 1.61. The first-order valence-electron chi connectivity index (χ1n) is 9.44. The van der Waals surface area contributed by atoms with Gasteiger partial charge in [0, 0.05) is 19.8 Å². The van der Waals surface area contributed by atoms with E-state index in [1.54, 1.807) is 30.1 Å². The molecule has 1 N–H and O–H groups in total. The smallest absolute Gasteiger partial charge is 0.416 e. The molecule has 3 aromatic rings. The highest BCUT2D eigenvalue weighted by Gasteiger charge is 2.30. The van der Waals surface area contributed by atoms with Crippen LogP contribution in [0.4, 0.5) is 13.2 Å². The fourth-order valence-electron chi connectivity index (χ4n) is 2.87. The number of benzene rings is 1. The summed E-state index contributed by atoms with van der Waals surface area (Å²) in [6, 6.07) is 9.18. The number of nitrogens with zero attached hydrogens (tertiary/aromatic N) is 3. The lowest BCUT2D eigenvalue weighted by molar-refractivity contribution is -0.137. The second kappa shape index (κ2) is 7.81. The number of carbonyl (C=O) groups excluding carboxylic acids is 1. The van der Waals surface area contributed by atoms with E-state index in [1.165, 1.54) is 18.2 Å². The van der Waals surface area contributed by atoms with Crippen LogP contribution in [0.3, 0.4) is 0 Å². The van der Waals surface area contributed by atoms with Crippen molar-refractivity contribution < 1.29 is 22.7 Å². The maximum Gasteiger partial charge on any atom is 0.416 e. The van der Waals surface area contributed by atoms with Crippen LogP contribution in [0.15, 0.2) is 48.7 Å². The third kappa shape index (κ3) is 4.61. The van der Waals surface area contributed by atoms with Crippen molar-refractivity contribution in [2.45, 2.75) is 19.0 Å². The van der Waals surface area contributed by atoms with Crippen molar-refractivity contribution in [3.05, 3.63) is 59.9 Å². The summed E-state index contributed by atoms with van der Waals surface area (Å²) in [6.45, 7) is 0.614. The second-order valence-electron chi connectivity index (χ2n) is 7.20. The van der Waals surface area contributed by atoms with Gasteiger partial charge in [-0.25, -0.2) is 4.98 Å². The number of amides is 1. The molecule has 0 spiro atoms. The molecule has 1 aliphatic rings. The Morgan fingerprint density at radius 2 is 1.90 bits per heavy atom. The van der Waals surface area contributed by atoms with Crippen LogP contribution in [0.25, 0.3) is 11.4 Å². The summed E-state index contributed by atoms with van der Waals surface area (Å²) < 4.78 is 45.7. The van der Waals surface area contributed by atoms with Crippen LogP contribution < -0.4 is 10.1 Å².